The lowest BCUT2D eigenvalue weighted by Gasteiger charge is -2.35. The Morgan fingerprint density at radius 1 is 0.628 bits per heavy atom. The number of piperidine rings is 2. The van der Waals surface area contributed by atoms with Crippen molar-refractivity contribution in [2.75, 3.05) is 32.8 Å². The normalized spacial score (nSPS) is 17.7. The van der Waals surface area contributed by atoms with Crippen LogP contribution < -0.4 is 0 Å². The summed E-state index contributed by atoms with van der Waals surface area (Å²) in [5.74, 6) is -0.361. The molecule has 2 aliphatic rings. The first-order valence-electron chi connectivity index (χ1n) is 15.9. The Bertz CT molecular complexity index is 1370. The fraction of sp³-hybridized carbons (Fsp3) is 0.444. The van der Waals surface area contributed by atoms with Crippen molar-refractivity contribution in [3.8, 4) is 0 Å². The maximum atomic E-state index is 13.3. The zero-order valence-corrected chi connectivity index (χ0v) is 25.4. The summed E-state index contributed by atoms with van der Waals surface area (Å²) in [6.07, 6.45) is 12.4. The Kier molecular flexibility index (Phi) is 11.2. The van der Waals surface area contributed by atoms with Gasteiger partial charge in [0.25, 0.3) is 0 Å². The van der Waals surface area contributed by atoms with Crippen LogP contribution in [0.2, 0.25) is 0 Å². The molecule has 2 aliphatic heterocycles. The lowest BCUT2D eigenvalue weighted by molar-refractivity contribution is 0.180. The molecule has 0 radical (unpaired) electrons. The highest BCUT2D eigenvalue weighted by Gasteiger charge is 2.27. The van der Waals surface area contributed by atoms with Crippen molar-refractivity contribution in [3.05, 3.63) is 119 Å². The molecule has 2 saturated heterocycles. The number of nitrogens with zero attached hydrogens (tertiary/aromatic N) is 4. The second-order valence-electron chi connectivity index (χ2n) is 11.8. The Labute approximate surface area is 255 Å². The molecular formula is C36H46F2N4O. The van der Waals surface area contributed by atoms with E-state index in [9.17, 15) is 8.78 Å². The molecule has 0 bridgehead atoms. The second-order valence-corrected chi connectivity index (χ2v) is 11.8. The number of hydrogen-bond acceptors (Lipinski definition) is 3. The van der Waals surface area contributed by atoms with Crippen LogP contribution in [-0.2, 0) is 13.6 Å². The van der Waals surface area contributed by atoms with Crippen molar-refractivity contribution >= 4 is 0 Å². The van der Waals surface area contributed by atoms with E-state index in [0.717, 1.165) is 44.7 Å². The highest BCUT2D eigenvalue weighted by Crippen LogP contribution is 2.33. The van der Waals surface area contributed by atoms with Crippen LogP contribution in [0.25, 0.3) is 0 Å². The van der Waals surface area contributed by atoms with E-state index in [1.165, 1.54) is 55.5 Å². The Morgan fingerprint density at radius 2 is 1.09 bits per heavy atom. The first-order chi connectivity index (χ1) is 21.0. The third kappa shape index (κ3) is 8.02. The first-order valence-corrected chi connectivity index (χ1v) is 15.9. The molecule has 0 amide bonds. The summed E-state index contributed by atoms with van der Waals surface area (Å²) in [5, 5.41) is 9.13. The minimum atomic E-state index is -0.193. The highest BCUT2D eigenvalue weighted by atomic mass is 19.1. The number of aliphatic hydroxyl groups excluding tert-OH is 1. The van der Waals surface area contributed by atoms with Crippen molar-refractivity contribution < 1.29 is 13.9 Å². The summed E-state index contributed by atoms with van der Waals surface area (Å²) >= 11 is 0. The fourth-order valence-corrected chi connectivity index (χ4v) is 6.66. The van der Waals surface area contributed by atoms with Gasteiger partial charge in [0.05, 0.1) is 12.1 Å². The van der Waals surface area contributed by atoms with E-state index in [1.807, 2.05) is 24.3 Å². The van der Waals surface area contributed by atoms with Gasteiger partial charge in [-0.2, -0.15) is 0 Å². The van der Waals surface area contributed by atoms with Gasteiger partial charge in [0, 0.05) is 44.0 Å². The maximum Gasteiger partial charge on any atom is 0.123 e. The van der Waals surface area contributed by atoms with Crippen LogP contribution in [0.4, 0.5) is 8.78 Å². The zero-order chi connectivity index (χ0) is 30.0. The van der Waals surface area contributed by atoms with Crippen molar-refractivity contribution in [2.45, 2.75) is 63.6 Å². The lowest BCUT2D eigenvalue weighted by atomic mass is 9.98. The van der Waals surface area contributed by atoms with Gasteiger partial charge in [0.1, 0.15) is 11.6 Å². The van der Waals surface area contributed by atoms with Crippen LogP contribution in [-0.4, -0.2) is 56.8 Å². The number of aromatic nitrogens is 2. The van der Waals surface area contributed by atoms with E-state index in [0.29, 0.717) is 0 Å². The van der Waals surface area contributed by atoms with E-state index in [1.54, 1.807) is 24.3 Å². The monoisotopic (exact) mass is 588 g/mol. The SMILES string of the molecule is Cn1cccc1C(c1ccc(F)cc1)N1CCCCC1.OCCCn1cccc1C(c1ccc(F)cc1)N1CCCCC1. The first kappa shape index (κ1) is 31.2. The summed E-state index contributed by atoms with van der Waals surface area (Å²) in [7, 11) is 2.08. The largest absolute Gasteiger partial charge is 0.396 e. The minimum absolute atomic E-state index is 0.157. The molecule has 7 heteroatoms. The van der Waals surface area contributed by atoms with E-state index >= 15 is 0 Å². The molecule has 0 spiro atoms. The third-order valence-electron chi connectivity index (χ3n) is 8.85. The van der Waals surface area contributed by atoms with Gasteiger partial charge in [-0.25, -0.2) is 8.78 Å². The van der Waals surface area contributed by atoms with E-state index in [2.05, 4.69) is 62.6 Å². The molecule has 2 unspecified atom stereocenters. The standard InChI is InChI=1S/C19H25FN2O.C17H21FN2/c20-17-9-7-16(8-10-17)19(22-11-2-1-3-12-22)18-6-4-13-21(18)14-5-15-23;1-19-11-5-6-16(19)17(20-12-3-2-4-13-20)14-7-9-15(18)10-8-14/h4,6-10,13,19,23H,1-3,5,11-12,14-15H2;5-11,17H,2-4,12-13H2,1H3. The van der Waals surface area contributed by atoms with Gasteiger partial charge in [-0.1, -0.05) is 37.1 Å². The molecule has 43 heavy (non-hydrogen) atoms. The van der Waals surface area contributed by atoms with E-state index in [-0.39, 0.29) is 30.3 Å². The molecule has 0 saturated carbocycles. The second kappa shape index (κ2) is 15.5. The number of halogens is 2. The number of hydrogen-bond donors (Lipinski definition) is 1. The summed E-state index contributed by atoms with van der Waals surface area (Å²) in [6.45, 7) is 5.40. The van der Waals surface area contributed by atoms with Gasteiger partial charge < -0.3 is 14.2 Å². The van der Waals surface area contributed by atoms with Crippen LogP contribution in [0.15, 0.2) is 85.2 Å². The number of likely N-dealkylation sites (tertiary alicyclic amines) is 2. The van der Waals surface area contributed by atoms with Crippen molar-refractivity contribution in [3.63, 3.8) is 0 Å². The third-order valence-corrected chi connectivity index (χ3v) is 8.85. The number of aryl methyl sites for hydroxylation is 2. The average molecular weight is 589 g/mol. The summed E-state index contributed by atoms with van der Waals surface area (Å²) < 4.78 is 30.9. The predicted molar refractivity (Wildman–Crippen MR) is 169 cm³/mol. The van der Waals surface area contributed by atoms with Gasteiger partial charge in [-0.3, -0.25) is 9.80 Å². The molecule has 2 aromatic carbocycles. The molecule has 4 heterocycles. The Balaban J connectivity index is 0.000000173. The number of aliphatic hydroxyl groups is 1. The summed E-state index contributed by atoms with van der Waals surface area (Å²) in [4.78, 5) is 5.02. The van der Waals surface area contributed by atoms with Gasteiger partial charge in [-0.15, -0.1) is 0 Å². The highest BCUT2D eigenvalue weighted by molar-refractivity contribution is 5.31. The van der Waals surface area contributed by atoms with Crippen molar-refractivity contribution in [2.24, 2.45) is 7.05 Å². The van der Waals surface area contributed by atoms with E-state index < -0.39 is 0 Å². The summed E-state index contributed by atoms with van der Waals surface area (Å²) in [5.41, 5.74) is 4.82. The molecule has 2 aromatic heterocycles. The molecule has 0 aliphatic carbocycles. The molecular weight excluding hydrogens is 542 g/mol. The molecule has 4 aromatic rings. The van der Waals surface area contributed by atoms with Crippen LogP contribution >= 0.6 is 0 Å². The lowest BCUT2D eigenvalue weighted by Crippen LogP contribution is -2.35. The van der Waals surface area contributed by atoms with Gasteiger partial charge in [0.15, 0.2) is 0 Å². The van der Waals surface area contributed by atoms with Crippen molar-refractivity contribution in [1.82, 2.24) is 18.9 Å². The average Bonchev–Trinajstić information content (AvgIpc) is 3.68. The molecule has 2 fully saturated rings. The van der Waals surface area contributed by atoms with Gasteiger partial charge >= 0.3 is 0 Å². The molecule has 2 atom stereocenters. The molecule has 1 N–H and O–H groups in total. The van der Waals surface area contributed by atoms with Gasteiger partial charge in [0.2, 0.25) is 0 Å². The number of benzene rings is 2. The van der Waals surface area contributed by atoms with Crippen LogP contribution in [0.5, 0.6) is 0 Å². The van der Waals surface area contributed by atoms with Gasteiger partial charge in [-0.05, 0) is 118 Å². The molecule has 230 valence electrons. The van der Waals surface area contributed by atoms with Crippen LogP contribution in [0.3, 0.4) is 0 Å². The maximum absolute atomic E-state index is 13.3. The zero-order valence-electron chi connectivity index (χ0n) is 25.4. The quantitative estimate of drug-likeness (QED) is 0.223. The Hall–Kier alpha value is -3.26. The number of rotatable bonds is 9. The van der Waals surface area contributed by atoms with Crippen LogP contribution in [0.1, 0.15) is 79.5 Å². The van der Waals surface area contributed by atoms with Crippen LogP contribution in [0, 0.1) is 11.6 Å². The van der Waals surface area contributed by atoms with Crippen molar-refractivity contribution in [1.29, 1.82) is 0 Å². The topological polar surface area (TPSA) is 36.6 Å². The smallest absolute Gasteiger partial charge is 0.123 e. The Morgan fingerprint density at radius 3 is 1.56 bits per heavy atom. The molecule has 5 nitrogen and oxygen atoms in total. The predicted octanol–water partition coefficient (Wildman–Crippen LogP) is 7.32. The summed E-state index contributed by atoms with van der Waals surface area (Å²) in [6, 6.07) is 22.7. The minimum Gasteiger partial charge on any atom is -0.396 e. The molecule has 6 rings (SSSR count). The van der Waals surface area contributed by atoms with E-state index in [4.69, 9.17) is 5.11 Å². The fourth-order valence-electron chi connectivity index (χ4n) is 6.66.